The van der Waals surface area contributed by atoms with Crippen LogP contribution in [0.3, 0.4) is 0 Å². The zero-order valence-electron chi connectivity index (χ0n) is 16.2. The Labute approximate surface area is 183 Å². The van der Waals surface area contributed by atoms with E-state index in [9.17, 15) is 4.79 Å². The first-order valence-electron chi connectivity index (χ1n) is 9.33. The van der Waals surface area contributed by atoms with E-state index in [0.717, 1.165) is 57.3 Å². The molecule has 0 spiro atoms. The molecule has 2 saturated heterocycles. The summed E-state index contributed by atoms with van der Waals surface area (Å²) in [5.74, 6) is 3.20. The van der Waals surface area contributed by atoms with Crippen LogP contribution in [-0.2, 0) is 9.53 Å². The number of hydrogen-bond donors (Lipinski definition) is 2. The first-order valence-corrected chi connectivity index (χ1v) is 9.33. The Balaban J connectivity index is 0.00000280. The number of morpholine rings is 1. The number of terminal acetylenes is 1. The number of nitrogens with one attached hydrogen (secondary N) is 2. The molecule has 1 aromatic rings. The summed E-state index contributed by atoms with van der Waals surface area (Å²) in [4.78, 5) is 21.3. The summed E-state index contributed by atoms with van der Waals surface area (Å²) < 4.78 is 5.44. The van der Waals surface area contributed by atoms with Crippen molar-refractivity contribution in [3.63, 3.8) is 0 Å². The highest BCUT2D eigenvalue weighted by Gasteiger charge is 2.30. The minimum Gasteiger partial charge on any atom is -0.379 e. The Kier molecular flexibility index (Phi) is 9.02. The van der Waals surface area contributed by atoms with Crippen LogP contribution in [0, 0.1) is 12.3 Å². The van der Waals surface area contributed by atoms with Gasteiger partial charge in [0.25, 0.3) is 0 Å². The minimum atomic E-state index is -0.130. The van der Waals surface area contributed by atoms with E-state index in [4.69, 9.17) is 11.2 Å². The highest BCUT2D eigenvalue weighted by atomic mass is 127. The van der Waals surface area contributed by atoms with E-state index in [1.807, 2.05) is 18.2 Å². The molecule has 2 N–H and O–H groups in total. The van der Waals surface area contributed by atoms with Gasteiger partial charge in [0.15, 0.2) is 5.96 Å². The van der Waals surface area contributed by atoms with Gasteiger partial charge in [0.2, 0.25) is 5.91 Å². The number of hydrogen-bond acceptors (Lipinski definition) is 4. The zero-order chi connectivity index (χ0) is 19.1. The number of ether oxygens (including phenoxy) is 1. The van der Waals surface area contributed by atoms with E-state index in [1.54, 1.807) is 13.1 Å². The summed E-state index contributed by atoms with van der Waals surface area (Å²) in [5.41, 5.74) is 1.43. The van der Waals surface area contributed by atoms with Gasteiger partial charge in [0.1, 0.15) is 0 Å². The molecule has 7 nitrogen and oxygen atoms in total. The highest BCUT2D eigenvalue weighted by molar-refractivity contribution is 14.0. The number of halogens is 1. The van der Waals surface area contributed by atoms with Crippen molar-refractivity contribution >= 4 is 41.5 Å². The molecule has 0 saturated carbocycles. The average Bonchev–Trinajstić information content (AvgIpc) is 3.19. The monoisotopic (exact) mass is 497 g/mol. The Morgan fingerprint density at radius 1 is 1.36 bits per heavy atom. The number of likely N-dealkylation sites (tertiary alicyclic amines) is 1. The lowest BCUT2D eigenvalue weighted by Crippen LogP contribution is -2.47. The lowest BCUT2D eigenvalue weighted by molar-refractivity contribution is -0.115. The number of carbonyl (C=O) groups excluding carboxylic acids is 1. The summed E-state index contributed by atoms with van der Waals surface area (Å²) in [6.45, 7) is 5.62. The molecule has 1 amide bonds. The van der Waals surface area contributed by atoms with Crippen LogP contribution < -0.4 is 10.6 Å². The molecule has 28 heavy (non-hydrogen) atoms. The van der Waals surface area contributed by atoms with Gasteiger partial charge in [-0.15, -0.1) is 30.4 Å². The standard InChI is InChI=1S/C20H27N5O2.HI/c1-3-16-5-4-6-17(13-16)23-19(26)14-22-20(21-2)25-8-7-18(15-25)24-9-11-27-12-10-24;/h1,4-6,13,18H,7-12,14-15H2,2H3,(H,21,22)(H,23,26);1H. The number of carbonyl (C=O) groups is 1. The van der Waals surface area contributed by atoms with Crippen LogP contribution in [0.5, 0.6) is 0 Å². The highest BCUT2D eigenvalue weighted by Crippen LogP contribution is 2.17. The molecule has 0 aromatic heterocycles. The van der Waals surface area contributed by atoms with Gasteiger partial charge in [-0.3, -0.25) is 14.7 Å². The number of nitrogens with zero attached hydrogens (tertiary/aromatic N) is 3. The van der Waals surface area contributed by atoms with Crippen LogP contribution in [-0.4, -0.2) is 80.7 Å². The van der Waals surface area contributed by atoms with Crippen molar-refractivity contribution in [1.29, 1.82) is 0 Å². The Morgan fingerprint density at radius 3 is 2.86 bits per heavy atom. The average molecular weight is 497 g/mol. The van der Waals surface area contributed by atoms with Crippen LogP contribution >= 0.6 is 24.0 Å². The van der Waals surface area contributed by atoms with Crippen molar-refractivity contribution in [2.75, 3.05) is 58.3 Å². The molecule has 1 atom stereocenters. The van der Waals surface area contributed by atoms with Crippen molar-refractivity contribution in [2.45, 2.75) is 12.5 Å². The Morgan fingerprint density at radius 2 is 2.14 bits per heavy atom. The maximum atomic E-state index is 12.2. The first-order chi connectivity index (χ1) is 13.2. The molecule has 2 fully saturated rings. The molecule has 2 aliphatic rings. The fourth-order valence-electron chi connectivity index (χ4n) is 3.56. The molecule has 152 valence electrons. The summed E-state index contributed by atoms with van der Waals surface area (Å²) in [6.07, 6.45) is 6.50. The predicted molar refractivity (Wildman–Crippen MR) is 122 cm³/mol. The molecular weight excluding hydrogens is 469 g/mol. The summed E-state index contributed by atoms with van der Waals surface area (Å²) in [5, 5.41) is 6.02. The van der Waals surface area contributed by atoms with Gasteiger partial charge in [0.05, 0.1) is 19.8 Å². The lowest BCUT2D eigenvalue weighted by Gasteiger charge is -2.32. The SMILES string of the molecule is C#Cc1cccc(NC(=O)CNC(=NC)N2CCC(N3CCOCC3)C2)c1.I. The molecule has 1 unspecified atom stereocenters. The molecule has 0 bridgehead atoms. The normalized spacial score (nSPS) is 20.2. The van der Waals surface area contributed by atoms with Crippen molar-refractivity contribution in [3.05, 3.63) is 29.8 Å². The summed E-state index contributed by atoms with van der Waals surface area (Å²) >= 11 is 0. The zero-order valence-corrected chi connectivity index (χ0v) is 18.5. The van der Waals surface area contributed by atoms with Gasteiger partial charge in [-0.25, -0.2) is 0 Å². The number of rotatable bonds is 4. The van der Waals surface area contributed by atoms with E-state index in [0.29, 0.717) is 11.7 Å². The van der Waals surface area contributed by atoms with Gasteiger partial charge in [0, 0.05) is 50.5 Å². The fraction of sp³-hybridized carbons (Fsp3) is 0.500. The van der Waals surface area contributed by atoms with Crippen molar-refractivity contribution in [1.82, 2.24) is 15.1 Å². The number of amides is 1. The first kappa shape index (κ1) is 22.5. The van der Waals surface area contributed by atoms with Gasteiger partial charge < -0.3 is 20.3 Å². The minimum absolute atomic E-state index is 0. The maximum absolute atomic E-state index is 12.2. The fourth-order valence-corrected chi connectivity index (χ4v) is 3.56. The number of benzene rings is 1. The van der Waals surface area contributed by atoms with E-state index >= 15 is 0 Å². The third-order valence-electron chi connectivity index (χ3n) is 4.96. The number of anilines is 1. The molecule has 2 heterocycles. The molecule has 0 radical (unpaired) electrons. The quantitative estimate of drug-likeness (QED) is 0.284. The van der Waals surface area contributed by atoms with Gasteiger partial charge in [-0.2, -0.15) is 0 Å². The molecular formula is C20H28IN5O2. The molecule has 0 aliphatic carbocycles. The third kappa shape index (κ3) is 6.09. The number of guanidine groups is 1. The molecule has 1 aromatic carbocycles. The largest absolute Gasteiger partial charge is 0.379 e. The Hall–Kier alpha value is -1.83. The Bertz CT molecular complexity index is 728. The van der Waals surface area contributed by atoms with Crippen LogP contribution in [0.25, 0.3) is 0 Å². The van der Waals surface area contributed by atoms with E-state index in [-0.39, 0.29) is 36.4 Å². The van der Waals surface area contributed by atoms with E-state index in [2.05, 4.69) is 31.3 Å². The summed E-state index contributed by atoms with van der Waals surface area (Å²) in [7, 11) is 1.75. The summed E-state index contributed by atoms with van der Waals surface area (Å²) in [6, 6.07) is 7.77. The van der Waals surface area contributed by atoms with Gasteiger partial charge in [-0.05, 0) is 24.6 Å². The second-order valence-corrected chi connectivity index (χ2v) is 6.71. The lowest BCUT2D eigenvalue weighted by atomic mass is 10.2. The number of aliphatic imine (C=N–C) groups is 1. The van der Waals surface area contributed by atoms with Gasteiger partial charge >= 0.3 is 0 Å². The second kappa shape index (κ2) is 11.2. The van der Waals surface area contributed by atoms with Crippen LogP contribution in [0.2, 0.25) is 0 Å². The van der Waals surface area contributed by atoms with Crippen LogP contribution in [0.15, 0.2) is 29.3 Å². The second-order valence-electron chi connectivity index (χ2n) is 6.71. The molecule has 8 heteroatoms. The maximum Gasteiger partial charge on any atom is 0.243 e. The van der Waals surface area contributed by atoms with Gasteiger partial charge in [-0.1, -0.05) is 12.0 Å². The van der Waals surface area contributed by atoms with Crippen molar-refractivity contribution < 1.29 is 9.53 Å². The molecule has 2 aliphatic heterocycles. The van der Waals surface area contributed by atoms with Crippen molar-refractivity contribution in [3.8, 4) is 12.3 Å². The third-order valence-corrected chi connectivity index (χ3v) is 4.96. The van der Waals surface area contributed by atoms with E-state index < -0.39 is 0 Å². The smallest absolute Gasteiger partial charge is 0.243 e. The molecule has 3 rings (SSSR count). The predicted octanol–water partition coefficient (Wildman–Crippen LogP) is 1.21. The van der Waals surface area contributed by atoms with E-state index in [1.165, 1.54) is 0 Å². The van der Waals surface area contributed by atoms with Crippen molar-refractivity contribution in [2.24, 2.45) is 4.99 Å². The topological polar surface area (TPSA) is 69.2 Å². The van der Waals surface area contributed by atoms with Crippen LogP contribution in [0.1, 0.15) is 12.0 Å². The van der Waals surface area contributed by atoms with Crippen LogP contribution in [0.4, 0.5) is 5.69 Å².